The molecule has 2 heterocycles. The van der Waals surface area contributed by atoms with Crippen LogP contribution in [0.5, 0.6) is 5.75 Å². The van der Waals surface area contributed by atoms with Crippen molar-refractivity contribution in [2.24, 2.45) is 0 Å². The lowest BCUT2D eigenvalue weighted by Gasteiger charge is -2.03. The molecule has 0 amide bonds. The number of fused-ring (bicyclic) bond motifs is 1. The summed E-state index contributed by atoms with van der Waals surface area (Å²) < 4.78 is 11.0. The van der Waals surface area contributed by atoms with E-state index in [0.717, 1.165) is 16.7 Å². The topological polar surface area (TPSA) is 55.2 Å². The second-order valence-corrected chi connectivity index (χ2v) is 5.00. The molecule has 0 spiro atoms. The maximum atomic E-state index is 12.5. The maximum Gasteiger partial charge on any atom is 0.199 e. The van der Waals surface area contributed by atoms with Gasteiger partial charge in [-0.2, -0.15) is 0 Å². The van der Waals surface area contributed by atoms with E-state index in [4.69, 9.17) is 9.15 Å². The van der Waals surface area contributed by atoms with Gasteiger partial charge >= 0.3 is 0 Å². The molecule has 20 heavy (non-hydrogen) atoms. The van der Waals surface area contributed by atoms with E-state index in [1.165, 1.54) is 6.26 Å². The molecule has 0 saturated heterocycles. The number of halogens is 1. The smallest absolute Gasteiger partial charge is 0.199 e. The number of hydrogen-bond donors (Lipinski definition) is 1. The van der Waals surface area contributed by atoms with E-state index in [2.05, 4.69) is 20.9 Å². The summed E-state index contributed by atoms with van der Waals surface area (Å²) >= 11 is 3.23. The Kier molecular flexibility index (Phi) is 3.36. The van der Waals surface area contributed by atoms with Gasteiger partial charge in [0, 0.05) is 22.7 Å². The summed E-state index contributed by atoms with van der Waals surface area (Å²) in [6.07, 6.45) is 3.19. The quantitative estimate of drug-likeness (QED) is 0.729. The molecule has 0 saturated carbocycles. The largest absolute Gasteiger partial charge is 0.494 e. The molecule has 2 aromatic heterocycles. The summed E-state index contributed by atoms with van der Waals surface area (Å²) in [7, 11) is 0. The minimum absolute atomic E-state index is 0.0921. The maximum absolute atomic E-state index is 12.5. The molecule has 3 rings (SSSR count). The molecule has 0 aliphatic carbocycles. The first-order chi connectivity index (χ1) is 9.70. The highest BCUT2D eigenvalue weighted by molar-refractivity contribution is 9.10. The number of ketones is 1. The average molecular weight is 334 g/mol. The van der Waals surface area contributed by atoms with Gasteiger partial charge in [-0.05, 0) is 47.1 Å². The van der Waals surface area contributed by atoms with Gasteiger partial charge in [-0.25, -0.2) is 0 Å². The number of benzene rings is 1. The molecule has 0 atom stereocenters. The molecule has 1 aromatic carbocycles. The van der Waals surface area contributed by atoms with Crippen molar-refractivity contribution in [3.63, 3.8) is 0 Å². The molecule has 4 nitrogen and oxygen atoms in total. The van der Waals surface area contributed by atoms with Crippen molar-refractivity contribution < 1.29 is 13.9 Å². The first-order valence-electron chi connectivity index (χ1n) is 6.22. The summed E-state index contributed by atoms with van der Waals surface area (Å²) in [5.74, 6) is 0.658. The van der Waals surface area contributed by atoms with Crippen LogP contribution in [0.25, 0.3) is 10.9 Å². The first kappa shape index (κ1) is 13.0. The van der Waals surface area contributed by atoms with Crippen molar-refractivity contribution in [2.75, 3.05) is 6.61 Å². The van der Waals surface area contributed by atoms with Crippen LogP contribution in [-0.4, -0.2) is 17.4 Å². The monoisotopic (exact) mass is 333 g/mol. The normalized spacial score (nSPS) is 10.9. The minimum Gasteiger partial charge on any atom is -0.494 e. The average Bonchev–Trinajstić information content (AvgIpc) is 3.04. The van der Waals surface area contributed by atoms with Crippen LogP contribution >= 0.6 is 15.9 Å². The van der Waals surface area contributed by atoms with Crippen LogP contribution in [-0.2, 0) is 0 Å². The summed E-state index contributed by atoms with van der Waals surface area (Å²) in [5.41, 5.74) is 2.01. The molecule has 3 aromatic rings. The highest BCUT2D eigenvalue weighted by Gasteiger charge is 2.18. The van der Waals surface area contributed by atoms with Crippen LogP contribution in [0.4, 0.5) is 0 Å². The van der Waals surface area contributed by atoms with Crippen LogP contribution in [0.1, 0.15) is 22.8 Å². The Morgan fingerprint density at radius 3 is 2.90 bits per heavy atom. The van der Waals surface area contributed by atoms with Gasteiger partial charge in [-0.3, -0.25) is 4.79 Å². The summed E-state index contributed by atoms with van der Waals surface area (Å²) in [4.78, 5) is 15.6. The number of carbonyl (C=O) groups is 1. The third-order valence-corrected chi connectivity index (χ3v) is 3.69. The molecule has 0 aliphatic heterocycles. The number of nitrogens with one attached hydrogen (secondary N) is 1. The zero-order valence-corrected chi connectivity index (χ0v) is 12.4. The number of rotatable bonds is 4. The SMILES string of the molecule is CCOc1ccc2[nH]cc(C(=O)c3ccoc3Br)c2c1. The Labute approximate surface area is 123 Å². The third-order valence-electron chi connectivity index (χ3n) is 3.07. The predicted octanol–water partition coefficient (Wildman–Crippen LogP) is 4.15. The second-order valence-electron chi connectivity index (χ2n) is 4.28. The summed E-state index contributed by atoms with van der Waals surface area (Å²) in [5, 5.41) is 0.842. The fourth-order valence-electron chi connectivity index (χ4n) is 2.14. The van der Waals surface area contributed by atoms with Crippen LogP contribution < -0.4 is 4.74 Å². The van der Waals surface area contributed by atoms with Crippen molar-refractivity contribution in [3.8, 4) is 5.75 Å². The zero-order chi connectivity index (χ0) is 14.1. The fraction of sp³-hybridized carbons (Fsp3) is 0.133. The van der Waals surface area contributed by atoms with Gasteiger partial charge in [0.25, 0.3) is 0 Å². The lowest BCUT2D eigenvalue weighted by Crippen LogP contribution is -1.99. The molecule has 0 unspecified atom stereocenters. The highest BCUT2D eigenvalue weighted by atomic mass is 79.9. The van der Waals surface area contributed by atoms with E-state index in [1.54, 1.807) is 12.3 Å². The molecule has 0 aliphatic rings. The first-order valence-corrected chi connectivity index (χ1v) is 7.01. The lowest BCUT2D eigenvalue weighted by molar-refractivity contribution is 0.103. The number of H-pyrrole nitrogens is 1. The van der Waals surface area contributed by atoms with Gasteiger partial charge in [0.05, 0.1) is 18.4 Å². The van der Waals surface area contributed by atoms with Crippen molar-refractivity contribution in [1.82, 2.24) is 4.98 Å². The van der Waals surface area contributed by atoms with Gasteiger partial charge in [-0.15, -0.1) is 0 Å². The van der Waals surface area contributed by atoms with E-state index in [-0.39, 0.29) is 5.78 Å². The Bertz CT molecular complexity index is 772. The number of ether oxygens (including phenoxy) is 1. The van der Waals surface area contributed by atoms with E-state index < -0.39 is 0 Å². The third kappa shape index (κ3) is 2.14. The van der Waals surface area contributed by atoms with Gasteiger partial charge in [0.15, 0.2) is 10.5 Å². The van der Waals surface area contributed by atoms with Crippen LogP contribution in [0.2, 0.25) is 0 Å². The van der Waals surface area contributed by atoms with E-state index >= 15 is 0 Å². The summed E-state index contributed by atoms with van der Waals surface area (Å²) in [6, 6.07) is 7.31. The number of furan rings is 1. The predicted molar refractivity (Wildman–Crippen MR) is 79.3 cm³/mol. The van der Waals surface area contributed by atoms with E-state index in [9.17, 15) is 4.79 Å². The Morgan fingerprint density at radius 1 is 1.35 bits per heavy atom. The fourth-order valence-corrected chi connectivity index (χ4v) is 2.57. The van der Waals surface area contributed by atoms with Gasteiger partial charge < -0.3 is 14.1 Å². The van der Waals surface area contributed by atoms with Crippen LogP contribution in [0.15, 0.2) is 45.8 Å². The standard InChI is InChI=1S/C15H12BrNO3/c1-2-19-9-3-4-13-11(7-9)12(8-17-13)14(18)10-5-6-20-15(10)16/h3-8,17H,2H2,1H3. The van der Waals surface area contributed by atoms with Crippen LogP contribution in [0, 0.1) is 0 Å². The van der Waals surface area contributed by atoms with Gasteiger partial charge in [-0.1, -0.05) is 0 Å². The molecule has 0 radical (unpaired) electrons. The number of aromatic amines is 1. The molecule has 0 fully saturated rings. The van der Waals surface area contributed by atoms with E-state index in [1.807, 2.05) is 25.1 Å². The lowest BCUT2D eigenvalue weighted by atomic mass is 10.1. The molecule has 1 N–H and O–H groups in total. The van der Waals surface area contributed by atoms with Gasteiger partial charge in [0.1, 0.15) is 5.75 Å². The van der Waals surface area contributed by atoms with Crippen molar-refractivity contribution in [1.29, 1.82) is 0 Å². The Hall–Kier alpha value is -2.01. The molecular weight excluding hydrogens is 322 g/mol. The van der Waals surface area contributed by atoms with Crippen molar-refractivity contribution >= 4 is 32.6 Å². The van der Waals surface area contributed by atoms with E-state index in [0.29, 0.717) is 22.4 Å². The van der Waals surface area contributed by atoms with Crippen molar-refractivity contribution in [3.05, 3.63) is 52.5 Å². The molecule has 5 heteroatoms. The highest BCUT2D eigenvalue weighted by Crippen LogP contribution is 2.28. The summed E-state index contributed by atoms with van der Waals surface area (Å²) in [6.45, 7) is 2.52. The van der Waals surface area contributed by atoms with Crippen LogP contribution in [0.3, 0.4) is 0 Å². The van der Waals surface area contributed by atoms with Crippen molar-refractivity contribution in [2.45, 2.75) is 6.92 Å². The molecule has 0 bridgehead atoms. The Morgan fingerprint density at radius 2 is 2.20 bits per heavy atom. The molecule has 102 valence electrons. The second kappa shape index (κ2) is 5.17. The minimum atomic E-state index is -0.0921. The molecular formula is C15H12BrNO3. The van der Waals surface area contributed by atoms with Gasteiger partial charge in [0.2, 0.25) is 0 Å². The zero-order valence-electron chi connectivity index (χ0n) is 10.8. The Balaban J connectivity index is 2.09. The number of hydrogen-bond acceptors (Lipinski definition) is 3. The number of carbonyl (C=O) groups excluding carboxylic acids is 1. The number of aromatic nitrogens is 1.